The maximum Gasteiger partial charge on any atom is 0.243 e. The number of nitrogens with zero attached hydrogens (tertiary/aromatic N) is 1. The van der Waals surface area contributed by atoms with Crippen LogP contribution in [0.2, 0.25) is 5.02 Å². The lowest BCUT2D eigenvalue weighted by molar-refractivity contribution is -0.121. The summed E-state index contributed by atoms with van der Waals surface area (Å²) in [6.07, 6.45) is 0. The summed E-state index contributed by atoms with van der Waals surface area (Å²) < 4.78 is 36.9. The Hall–Kier alpha value is -2.29. The first kappa shape index (κ1) is 22.0. The average Bonchev–Trinajstić information content (AvgIpc) is 2.66. The van der Waals surface area contributed by atoms with E-state index in [0.29, 0.717) is 16.5 Å². The fourth-order valence-corrected chi connectivity index (χ4v) is 3.64. The second-order valence-electron chi connectivity index (χ2n) is 6.15. The number of likely N-dealkylation sites (N-methyl/N-ethyl adjacent to an activating group) is 1. The predicted octanol–water partition coefficient (Wildman–Crippen LogP) is 2.55. The van der Waals surface area contributed by atoms with Crippen LogP contribution < -0.4 is 14.8 Å². The number of rotatable bonds is 9. The molecule has 9 heteroatoms. The molecular formula is C19H23ClN2O5S. The molecule has 152 valence electrons. The van der Waals surface area contributed by atoms with Gasteiger partial charge in [-0.3, -0.25) is 4.79 Å². The molecule has 0 saturated carbocycles. The average molecular weight is 427 g/mol. The molecule has 28 heavy (non-hydrogen) atoms. The first-order valence-corrected chi connectivity index (χ1v) is 10.3. The standard InChI is InChI=1S/C19H23ClN2O5S/c1-14(13-27-18-7-5-4-6-17(18)26-3)21-19(23)12-22(2)28(24,25)16-10-8-15(20)9-11-16/h4-11,14H,12-13H2,1-3H3,(H,21,23). The van der Waals surface area contributed by atoms with Crippen LogP contribution in [-0.2, 0) is 14.8 Å². The minimum atomic E-state index is -3.78. The van der Waals surface area contributed by atoms with E-state index < -0.39 is 15.9 Å². The van der Waals surface area contributed by atoms with Gasteiger partial charge in [0.2, 0.25) is 15.9 Å². The van der Waals surface area contributed by atoms with Crippen LogP contribution in [0.1, 0.15) is 6.92 Å². The largest absolute Gasteiger partial charge is 0.493 e. The van der Waals surface area contributed by atoms with Gasteiger partial charge in [-0.25, -0.2) is 8.42 Å². The van der Waals surface area contributed by atoms with Gasteiger partial charge in [0.15, 0.2) is 11.5 Å². The van der Waals surface area contributed by atoms with E-state index in [1.807, 2.05) is 12.1 Å². The normalized spacial score (nSPS) is 12.5. The van der Waals surface area contributed by atoms with Gasteiger partial charge in [-0.05, 0) is 43.3 Å². The fourth-order valence-electron chi connectivity index (χ4n) is 2.39. The summed E-state index contributed by atoms with van der Waals surface area (Å²) in [4.78, 5) is 12.3. The number of hydrogen-bond acceptors (Lipinski definition) is 5. The highest BCUT2D eigenvalue weighted by Gasteiger charge is 2.23. The number of benzene rings is 2. The van der Waals surface area contributed by atoms with Crippen LogP contribution in [0.15, 0.2) is 53.4 Å². The predicted molar refractivity (Wildman–Crippen MR) is 107 cm³/mol. The Balaban J connectivity index is 1.89. The number of methoxy groups -OCH3 is 1. The van der Waals surface area contributed by atoms with Crippen LogP contribution >= 0.6 is 11.6 Å². The summed E-state index contributed by atoms with van der Waals surface area (Å²) in [6.45, 7) is 1.66. The fraction of sp³-hybridized carbons (Fsp3) is 0.316. The van der Waals surface area contributed by atoms with E-state index in [1.165, 1.54) is 31.3 Å². The van der Waals surface area contributed by atoms with Gasteiger partial charge in [0.05, 0.1) is 24.6 Å². The van der Waals surface area contributed by atoms with E-state index in [0.717, 1.165) is 4.31 Å². The van der Waals surface area contributed by atoms with Gasteiger partial charge in [0, 0.05) is 12.1 Å². The summed E-state index contributed by atoms with van der Waals surface area (Å²) in [7, 11) is -0.892. The van der Waals surface area contributed by atoms with Crippen molar-refractivity contribution in [2.45, 2.75) is 17.9 Å². The summed E-state index contributed by atoms with van der Waals surface area (Å²) in [5.41, 5.74) is 0. The summed E-state index contributed by atoms with van der Waals surface area (Å²) in [6, 6.07) is 12.6. The first-order valence-electron chi connectivity index (χ1n) is 8.51. The van der Waals surface area contributed by atoms with Crippen molar-refractivity contribution in [1.82, 2.24) is 9.62 Å². The lowest BCUT2D eigenvalue weighted by Gasteiger charge is -2.20. The third-order valence-corrected chi connectivity index (χ3v) is 5.92. The Morgan fingerprint density at radius 1 is 1.14 bits per heavy atom. The topological polar surface area (TPSA) is 84.9 Å². The van der Waals surface area contributed by atoms with Crippen LogP contribution in [0.25, 0.3) is 0 Å². The van der Waals surface area contributed by atoms with Crippen molar-refractivity contribution in [2.24, 2.45) is 0 Å². The molecule has 0 saturated heterocycles. The van der Waals surface area contributed by atoms with Crippen LogP contribution in [0.4, 0.5) is 0 Å². The molecule has 1 unspecified atom stereocenters. The zero-order valence-corrected chi connectivity index (χ0v) is 17.5. The Morgan fingerprint density at radius 3 is 2.36 bits per heavy atom. The molecule has 0 aliphatic heterocycles. The number of sulfonamides is 1. The van der Waals surface area contributed by atoms with E-state index in [1.54, 1.807) is 26.2 Å². The molecule has 0 fully saturated rings. The molecule has 2 rings (SSSR count). The minimum Gasteiger partial charge on any atom is -0.493 e. The van der Waals surface area contributed by atoms with Crippen LogP contribution in [-0.4, -0.2) is 52.0 Å². The van der Waals surface area contributed by atoms with E-state index in [9.17, 15) is 13.2 Å². The van der Waals surface area contributed by atoms with Crippen molar-refractivity contribution in [3.05, 3.63) is 53.6 Å². The van der Waals surface area contributed by atoms with Gasteiger partial charge in [0.1, 0.15) is 6.61 Å². The monoisotopic (exact) mass is 426 g/mol. The Labute approximate surface area is 170 Å². The second kappa shape index (κ2) is 9.77. The maximum absolute atomic E-state index is 12.5. The van der Waals surface area contributed by atoms with Crippen LogP contribution in [0.3, 0.4) is 0 Å². The molecule has 0 heterocycles. The molecule has 0 bridgehead atoms. The zero-order chi connectivity index (χ0) is 20.7. The smallest absolute Gasteiger partial charge is 0.243 e. The highest BCUT2D eigenvalue weighted by molar-refractivity contribution is 7.89. The highest BCUT2D eigenvalue weighted by Crippen LogP contribution is 2.25. The molecule has 0 aromatic heterocycles. The molecule has 0 aliphatic rings. The lowest BCUT2D eigenvalue weighted by Crippen LogP contribution is -2.43. The number of carbonyl (C=O) groups excluding carboxylic acids is 1. The Morgan fingerprint density at radius 2 is 1.75 bits per heavy atom. The third-order valence-electron chi connectivity index (χ3n) is 3.85. The molecule has 0 spiro atoms. The Bertz CT molecular complexity index is 903. The van der Waals surface area contributed by atoms with Crippen molar-refractivity contribution >= 4 is 27.5 Å². The molecule has 1 atom stereocenters. The number of amides is 1. The number of para-hydroxylation sites is 2. The summed E-state index contributed by atoms with van der Waals surface area (Å²) >= 11 is 5.78. The molecular weight excluding hydrogens is 404 g/mol. The van der Waals surface area contributed by atoms with Crippen molar-refractivity contribution in [3.63, 3.8) is 0 Å². The molecule has 2 aromatic rings. The minimum absolute atomic E-state index is 0.0692. The first-order chi connectivity index (χ1) is 13.2. The summed E-state index contributed by atoms with van der Waals surface area (Å²) in [5, 5.41) is 3.15. The van der Waals surface area contributed by atoms with Crippen molar-refractivity contribution in [2.75, 3.05) is 27.3 Å². The molecule has 0 aliphatic carbocycles. The summed E-state index contributed by atoms with van der Waals surface area (Å²) in [5.74, 6) is 0.722. The van der Waals surface area contributed by atoms with E-state index in [-0.39, 0.29) is 24.1 Å². The SMILES string of the molecule is COc1ccccc1OCC(C)NC(=O)CN(C)S(=O)(=O)c1ccc(Cl)cc1. The molecule has 1 N–H and O–H groups in total. The number of ether oxygens (including phenoxy) is 2. The van der Waals surface area contributed by atoms with Gasteiger partial charge in [0.25, 0.3) is 0 Å². The van der Waals surface area contributed by atoms with Crippen molar-refractivity contribution in [1.29, 1.82) is 0 Å². The third kappa shape index (κ3) is 5.85. The Kier molecular flexibility index (Phi) is 7.68. The van der Waals surface area contributed by atoms with Crippen molar-refractivity contribution < 1.29 is 22.7 Å². The van der Waals surface area contributed by atoms with Gasteiger partial charge in [-0.15, -0.1) is 0 Å². The number of nitrogens with one attached hydrogen (secondary N) is 1. The quantitative estimate of drug-likeness (QED) is 0.666. The highest BCUT2D eigenvalue weighted by atomic mass is 35.5. The number of halogens is 1. The molecule has 1 amide bonds. The van der Waals surface area contributed by atoms with E-state index in [4.69, 9.17) is 21.1 Å². The zero-order valence-electron chi connectivity index (χ0n) is 15.9. The van der Waals surface area contributed by atoms with Gasteiger partial charge < -0.3 is 14.8 Å². The second-order valence-corrected chi connectivity index (χ2v) is 8.63. The van der Waals surface area contributed by atoms with Crippen LogP contribution in [0, 0.1) is 0 Å². The van der Waals surface area contributed by atoms with E-state index >= 15 is 0 Å². The van der Waals surface area contributed by atoms with Gasteiger partial charge in [-0.1, -0.05) is 23.7 Å². The number of carbonyl (C=O) groups is 1. The van der Waals surface area contributed by atoms with E-state index in [2.05, 4.69) is 5.32 Å². The van der Waals surface area contributed by atoms with Gasteiger partial charge >= 0.3 is 0 Å². The number of hydrogen-bond donors (Lipinski definition) is 1. The molecule has 2 aromatic carbocycles. The van der Waals surface area contributed by atoms with Crippen LogP contribution in [0.5, 0.6) is 11.5 Å². The molecule has 7 nitrogen and oxygen atoms in total. The lowest BCUT2D eigenvalue weighted by atomic mass is 10.3. The van der Waals surface area contributed by atoms with Crippen molar-refractivity contribution in [3.8, 4) is 11.5 Å². The maximum atomic E-state index is 12.5. The molecule has 0 radical (unpaired) electrons. The van der Waals surface area contributed by atoms with Gasteiger partial charge in [-0.2, -0.15) is 4.31 Å².